The second kappa shape index (κ2) is 6.52. The highest BCUT2D eigenvalue weighted by Gasteiger charge is 2.22. The number of nitrogens with zero attached hydrogens (tertiary/aromatic N) is 1. The Hall–Kier alpha value is -1.88. The maximum Gasteiger partial charge on any atom is 0.313 e. The minimum Gasteiger partial charge on any atom is -0.333 e. The smallest absolute Gasteiger partial charge is 0.313 e. The molecule has 0 aromatic heterocycles. The van der Waals surface area contributed by atoms with Gasteiger partial charge in [-0.25, -0.2) is 0 Å². The molecule has 1 heterocycles. The number of amides is 2. The normalized spacial score (nSPS) is 15.6. The predicted molar refractivity (Wildman–Crippen MR) is 78.6 cm³/mol. The SMILES string of the molecule is Cc1cccc(NC(=O)C(=O)N2CCCNCC2)c1C. The molecule has 1 aliphatic rings. The minimum atomic E-state index is -0.555. The third-order valence-electron chi connectivity index (χ3n) is 3.67. The Kier molecular flexibility index (Phi) is 4.74. The Morgan fingerprint density at radius 3 is 2.80 bits per heavy atom. The zero-order valence-corrected chi connectivity index (χ0v) is 12.0. The zero-order valence-electron chi connectivity index (χ0n) is 12.0. The maximum absolute atomic E-state index is 12.1. The molecule has 1 saturated heterocycles. The molecule has 0 atom stereocenters. The summed E-state index contributed by atoms with van der Waals surface area (Å²) in [5.41, 5.74) is 2.79. The van der Waals surface area contributed by atoms with E-state index < -0.39 is 11.8 Å². The van der Waals surface area contributed by atoms with Gasteiger partial charge >= 0.3 is 11.8 Å². The number of carbonyl (C=O) groups is 2. The van der Waals surface area contributed by atoms with Crippen LogP contribution < -0.4 is 10.6 Å². The van der Waals surface area contributed by atoms with Crippen LogP contribution in [0.2, 0.25) is 0 Å². The van der Waals surface area contributed by atoms with Crippen molar-refractivity contribution in [2.75, 3.05) is 31.5 Å². The number of hydrogen-bond donors (Lipinski definition) is 2. The van der Waals surface area contributed by atoms with Crippen LogP contribution in [0.3, 0.4) is 0 Å². The van der Waals surface area contributed by atoms with Gasteiger partial charge in [-0.1, -0.05) is 12.1 Å². The lowest BCUT2D eigenvalue weighted by molar-refractivity contribution is -0.143. The number of rotatable bonds is 1. The van der Waals surface area contributed by atoms with E-state index in [0.717, 1.165) is 30.6 Å². The van der Waals surface area contributed by atoms with Crippen LogP contribution >= 0.6 is 0 Å². The minimum absolute atomic E-state index is 0.449. The van der Waals surface area contributed by atoms with Crippen molar-refractivity contribution >= 4 is 17.5 Å². The Balaban J connectivity index is 2.03. The molecule has 1 aromatic rings. The number of anilines is 1. The number of benzene rings is 1. The summed E-state index contributed by atoms with van der Waals surface area (Å²) < 4.78 is 0. The molecule has 0 bridgehead atoms. The average Bonchev–Trinajstić information content (AvgIpc) is 2.72. The largest absolute Gasteiger partial charge is 0.333 e. The number of nitrogens with one attached hydrogen (secondary N) is 2. The van der Waals surface area contributed by atoms with Gasteiger partial charge < -0.3 is 15.5 Å². The molecule has 0 spiro atoms. The Labute approximate surface area is 119 Å². The van der Waals surface area contributed by atoms with Gasteiger partial charge in [0.15, 0.2) is 0 Å². The topological polar surface area (TPSA) is 61.4 Å². The van der Waals surface area contributed by atoms with E-state index in [1.165, 1.54) is 0 Å². The number of aryl methyl sites for hydroxylation is 1. The molecule has 1 aliphatic heterocycles. The van der Waals surface area contributed by atoms with Crippen LogP contribution in [0.5, 0.6) is 0 Å². The van der Waals surface area contributed by atoms with Crippen LogP contribution in [0.4, 0.5) is 5.69 Å². The third kappa shape index (κ3) is 3.36. The second-order valence-corrected chi connectivity index (χ2v) is 5.10. The van der Waals surface area contributed by atoms with Crippen molar-refractivity contribution in [2.45, 2.75) is 20.3 Å². The van der Waals surface area contributed by atoms with E-state index in [2.05, 4.69) is 10.6 Å². The highest BCUT2D eigenvalue weighted by atomic mass is 16.2. The molecule has 1 fully saturated rings. The average molecular weight is 275 g/mol. The van der Waals surface area contributed by atoms with Crippen LogP contribution in [0.1, 0.15) is 17.5 Å². The predicted octanol–water partition coefficient (Wildman–Crippen LogP) is 1.06. The van der Waals surface area contributed by atoms with Crippen molar-refractivity contribution in [3.8, 4) is 0 Å². The van der Waals surface area contributed by atoms with Gasteiger partial charge in [0, 0.05) is 25.3 Å². The quantitative estimate of drug-likeness (QED) is 0.754. The highest BCUT2D eigenvalue weighted by Crippen LogP contribution is 2.18. The van der Waals surface area contributed by atoms with Crippen LogP contribution in [-0.4, -0.2) is 42.9 Å². The molecule has 2 rings (SSSR count). The summed E-state index contributed by atoms with van der Waals surface area (Å²) >= 11 is 0. The molecule has 0 saturated carbocycles. The molecule has 1 aromatic carbocycles. The molecule has 0 aliphatic carbocycles. The monoisotopic (exact) mass is 275 g/mol. The summed E-state index contributed by atoms with van der Waals surface area (Å²) in [5, 5.41) is 5.93. The summed E-state index contributed by atoms with van der Waals surface area (Å²) in [6.07, 6.45) is 0.877. The van der Waals surface area contributed by atoms with E-state index in [0.29, 0.717) is 18.8 Å². The first-order valence-electron chi connectivity index (χ1n) is 6.97. The molecule has 5 heteroatoms. The fraction of sp³-hybridized carbons (Fsp3) is 0.467. The fourth-order valence-electron chi connectivity index (χ4n) is 2.25. The molecule has 20 heavy (non-hydrogen) atoms. The van der Waals surface area contributed by atoms with Crippen LogP contribution in [0, 0.1) is 13.8 Å². The van der Waals surface area contributed by atoms with Crippen LogP contribution in [-0.2, 0) is 9.59 Å². The van der Waals surface area contributed by atoms with Crippen molar-refractivity contribution in [1.82, 2.24) is 10.2 Å². The van der Waals surface area contributed by atoms with Crippen molar-refractivity contribution in [3.05, 3.63) is 29.3 Å². The summed E-state index contributed by atoms with van der Waals surface area (Å²) in [4.78, 5) is 25.8. The highest BCUT2D eigenvalue weighted by molar-refractivity contribution is 6.39. The van der Waals surface area contributed by atoms with Crippen LogP contribution in [0.15, 0.2) is 18.2 Å². The first kappa shape index (κ1) is 14.5. The first-order chi connectivity index (χ1) is 9.59. The van der Waals surface area contributed by atoms with Gasteiger partial charge in [-0.3, -0.25) is 9.59 Å². The van der Waals surface area contributed by atoms with Gasteiger partial charge in [0.25, 0.3) is 0 Å². The van der Waals surface area contributed by atoms with Gasteiger partial charge in [0.1, 0.15) is 0 Å². The van der Waals surface area contributed by atoms with E-state index in [4.69, 9.17) is 0 Å². The summed E-state index contributed by atoms with van der Waals surface area (Å²) in [7, 11) is 0. The van der Waals surface area contributed by atoms with Crippen LogP contribution in [0.25, 0.3) is 0 Å². The first-order valence-corrected chi connectivity index (χ1v) is 6.97. The lowest BCUT2D eigenvalue weighted by Gasteiger charge is -2.19. The molecule has 0 radical (unpaired) electrons. The van der Waals surface area contributed by atoms with E-state index >= 15 is 0 Å². The van der Waals surface area contributed by atoms with Crippen molar-refractivity contribution < 1.29 is 9.59 Å². The summed E-state index contributed by atoms with van der Waals surface area (Å²) in [6, 6.07) is 5.67. The number of carbonyl (C=O) groups excluding carboxylic acids is 2. The Morgan fingerprint density at radius 1 is 1.20 bits per heavy atom. The maximum atomic E-state index is 12.1. The van der Waals surface area contributed by atoms with Gasteiger partial charge in [-0.05, 0) is 44.0 Å². The van der Waals surface area contributed by atoms with E-state index in [1.54, 1.807) is 4.90 Å². The molecule has 0 unspecified atom stereocenters. The van der Waals surface area contributed by atoms with E-state index in [-0.39, 0.29) is 0 Å². The van der Waals surface area contributed by atoms with Crippen molar-refractivity contribution in [2.24, 2.45) is 0 Å². The lowest BCUT2D eigenvalue weighted by atomic mass is 10.1. The molecule has 5 nitrogen and oxygen atoms in total. The fourth-order valence-corrected chi connectivity index (χ4v) is 2.25. The van der Waals surface area contributed by atoms with E-state index in [1.807, 2.05) is 32.0 Å². The summed E-state index contributed by atoms with van der Waals surface area (Å²) in [6.45, 7) is 6.76. The van der Waals surface area contributed by atoms with Crippen molar-refractivity contribution in [1.29, 1.82) is 0 Å². The van der Waals surface area contributed by atoms with E-state index in [9.17, 15) is 9.59 Å². The molecule has 2 amide bonds. The van der Waals surface area contributed by atoms with Crippen molar-refractivity contribution in [3.63, 3.8) is 0 Å². The molecule has 108 valence electrons. The van der Waals surface area contributed by atoms with Gasteiger partial charge in [-0.15, -0.1) is 0 Å². The Morgan fingerprint density at radius 2 is 2.00 bits per heavy atom. The summed E-state index contributed by atoms with van der Waals surface area (Å²) in [5.74, 6) is -1.00. The molecular formula is C15H21N3O2. The standard InChI is InChI=1S/C15H21N3O2/c1-11-5-3-6-13(12(11)2)17-14(19)15(20)18-9-4-7-16-8-10-18/h3,5-6,16H,4,7-10H2,1-2H3,(H,17,19). The van der Waals surface area contributed by atoms with Gasteiger partial charge in [0.2, 0.25) is 0 Å². The zero-order chi connectivity index (χ0) is 14.5. The van der Waals surface area contributed by atoms with Gasteiger partial charge in [0.05, 0.1) is 0 Å². The molecule has 2 N–H and O–H groups in total. The second-order valence-electron chi connectivity index (χ2n) is 5.10. The third-order valence-corrected chi connectivity index (χ3v) is 3.67. The molecular weight excluding hydrogens is 254 g/mol. The Bertz CT molecular complexity index is 506. The number of hydrogen-bond acceptors (Lipinski definition) is 3. The van der Waals surface area contributed by atoms with Gasteiger partial charge in [-0.2, -0.15) is 0 Å². The lowest BCUT2D eigenvalue weighted by Crippen LogP contribution is -2.41.